The summed E-state index contributed by atoms with van der Waals surface area (Å²) in [5.74, 6) is 1.69. The van der Waals surface area contributed by atoms with Crippen LogP contribution >= 0.6 is 0 Å². The lowest BCUT2D eigenvalue weighted by atomic mass is 9.47. The van der Waals surface area contributed by atoms with E-state index in [0.29, 0.717) is 30.0 Å². The van der Waals surface area contributed by atoms with Gasteiger partial charge in [-0.3, -0.25) is 9.59 Å². The van der Waals surface area contributed by atoms with Crippen molar-refractivity contribution in [3.8, 4) is 0 Å². The Hall–Kier alpha value is -1.13. The van der Waals surface area contributed by atoms with Gasteiger partial charge in [0.1, 0.15) is 6.10 Å². The number of aldehydes is 1. The number of aliphatic hydroxyl groups excluding tert-OH is 1. The zero-order chi connectivity index (χ0) is 33.2. The van der Waals surface area contributed by atoms with Gasteiger partial charge in [0.25, 0.3) is 0 Å². The van der Waals surface area contributed by atoms with Gasteiger partial charge in [0, 0.05) is 13.3 Å². The molecule has 2 N–H and O–H groups in total. The van der Waals surface area contributed by atoms with Gasteiger partial charge in [-0.2, -0.15) is 0 Å². The maximum Gasteiger partial charge on any atom is 0.303 e. The third-order valence-electron chi connectivity index (χ3n) is 13.7. The van der Waals surface area contributed by atoms with Crippen molar-refractivity contribution in [2.24, 2.45) is 45.3 Å². The first-order valence-electron chi connectivity index (χ1n) is 17.5. The first-order chi connectivity index (χ1) is 21.0. The van der Waals surface area contributed by atoms with Crippen molar-refractivity contribution < 1.29 is 43.1 Å². The third kappa shape index (κ3) is 5.83. The topological polar surface area (TPSA) is 112 Å². The molecule has 5 fully saturated rings. The van der Waals surface area contributed by atoms with Crippen LogP contribution in [0.1, 0.15) is 113 Å². The van der Waals surface area contributed by atoms with Crippen molar-refractivity contribution in [1.29, 1.82) is 0 Å². The molecule has 0 radical (unpaired) electrons. The SMILES string of the molecule is CC(=O)O[C@@H]([C@@H](C[C@@H](C)F)O[C@@H]1CC2[C@@H]3CCC4C(C)(C)[C@@H](OC(C=O)OCCO)CCC45[C@@H](C)[C@@]35CC[C@]2(C)C1)C(C)(C)O. The van der Waals surface area contributed by atoms with Crippen molar-refractivity contribution in [3.05, 3.63) is 0 Å². The molecule has 0 amide bonds. The Morgan fingerprint density at radius 3 is 2.38 bits per heavy atom. The molecule has 4 unspecified atom stereocenters. The lowest BCUT2D eigenvalue weighted by molar-refractivity contribution is -0.219. The number of rotatable bonds is 13. The first kappa shape index (κ1) is 35.2. The fraction of sp³-hybridized carbons (Fsp3) is 0.944. The van der Waals surface area contributed by atoms with Crippen LogP contribution < -0.4 is 0 Å². The quantitative estimate of drug-likeness (QED) is 0.148. The number of fused-ring (bicyclic) bond motifs is 2. The molecular formula is C36H59FO8. The van der Waals surface area contributed by atoms with E-state index in [2.05, 4.69) is 27.7 Å². The van der Waals surface area contributed by atoms with E-state index in [1.165, 1.54) is 20.3 Å². The molecule has 5 saturated carbocycles. The molecule has 0 heterocycles. The molecule has 0 aliphatic heterocycles. The average molecular weight is 639 g/mol. The number of hydrogen-bond donors (Lipinski definition) is 2. The van der Waals surface area contributed by atoms with Gasteiger partial charge in [0.15, 0.2) is 12.4 Å². The molecule has 5 rings (SSSR count). The van der Waals surface area contributed by atoms with Crippen LogP contribution in [-0.4, -0.2) is 78.2 Å². The van der Waals surface area contributed by atoms with E-state index in [1.807, 2.05) is 0 Å². The number of aliphatic hydroxyl groups is 2. The van der Waals surface area contributed by atoms with Gasteiger partial charge in [0.05, 0.1) is 37.2 Å². The van der Waals surface area contributed by atoms with Gasteiger partial charge in [-0.15, -0.1) is 0 Å². The highest BCUT2D eigenvalue weighted by Gasteiger charge is 2.84. The fourth-order valence-corrected chi connectivity index (χ4v) is 12.1. The van der Waals surface area contributed by atoms with Crippen LogP contribution in [0.25, 0.3) is 0 Å². The maximum absolute atomic E-state index is 14.4. The van der Waals surface area contributed by atoms with E-state index in [4.69, 9.17) is 24.1 Å². The molecule has 5 aliphatic rings. The zero-order valence-corrected chi connectivity index (χ0v) is 28.9. The number of carbonyl (C=O) groups excluding carboxylic acids is 2. The number of alkyl halides is 1. The van der Waals surface area contributed by atoms with Crippen molar-refractivity contribution in [3.63, 3.8) is 0 Å². The van der Waals surface area contributed by atoms with E-state index >= 15 is 0 Å². The lowest BCUT2D eigenvalue weighted by Gasteiger charge is -2.59. The van der Waals surface area contributed by atoms with Crippen LogP contribution in [0.5, 0.6) is 0 Å². The minimum absolute atomic E-state index is 0.0589. The highest BCUT2D eigenvalue weighted by molar-refractivity contribution is 5.66. The molecule has 0 aromatic rings. The summed E-state index contributed by atoms with van der Waals surface area (Å²) >= 11 is 0. The third-order valence-corrected chi connectivity index (χ3v) is 13.7. The molecule has 2 spiro atoms. The Morgan fingerprint density at radius 2 is 1.78 bits per heavy atom. The Labute approximate surface area is 269 Å². The summed E-state index contributed by atoms with van der Waals surface area (Å²) in [6, 6.07) is 0. The second-order valence-electron chi connectivity index (χ2n) is 16.8. The van der Waals surface area contributed by atoms with Gasteiger partial charge in [-0.25, -0.2) is 4.39 Å². The smallest absolute Gasteiger partial charge is 0.303 e. The van der Waals surface area contributed by atoms with Gasteiger partial charge in [-0.05, 0) is 117 Å². The Bertz CT molecular complexity index is 1090. The number of hydrogen-bond acceptors (Lipinski definition) is 8. The molecule has 0 aromatic heterocycles. The summed E-state index contributed by atoms with van der Waals surface area (Å²) in [6.45, 7) is 15.4. The molecule has 8 nitrogen and oxygen atoms in total. The lowest BCUT2D eigenvalue weighted by Crippen LogP contribution is -2.55. The summed E-state index contributed by atoms with van der Waals surface area (Å²) in [6.07, 6.45) is 5.19. The van der Waals surface area contributed by atoms with Crippen LogP contribution in [-0.2, 0) is 28.5 Å². The van der Waals surface area contributed by atoms with E-state index in [1.54, 1.807) is 13.8 Å². The predicted octanol–water partition coefficient (Wildman–Crippen LogP) is 5.79. The second kappa shape index (κ2) is 12.4. The minimum atomic E-state index is -1.37. The molecular weight excluding hydrogens is 579 g/mol. The van der Waals surface area contributed by atoms with Gasteiger partial charge in [-0.1, -0.05) is 27.7 Å². The Morgan fingerprint density at radius 1 is 1.07 bits per heavy atom. The van der Waals surface area contributed by atoms with Gasteiger partial charge < -0.3 is 29.2 Å². The summed E-state index contributed by atoms with van der Waals surface area (Å²) in [5, 5.41) is 20.1. The van der Waals surface area contributed by atoms with Crippen molar-refractivity contribution in [2.45, 2.75) is 156 Å². The standard InChI is InChI=1S/C36H59FO8/c1-21(37)17-27(31(33(6,7)41)43-23(3)40)44-24-18-26-25-9-10-28-32(4,5)29(45-30(20-39)42-16-15-38)11-12-36(28)22(2)35(25,36)14-13-34(26,8)19-24/h20-22,24-31,38,41H,9-19H2,1-8H3/t21-,22+,24-,25+,26?,27-,28?,29+,30?,31+,34-,35+,36?/m1/s1. The zero-order valence-electron chi connectivity index (χ0n) is 28.9. The largest absolute Gasteiger partial charge is 0.457 e. The van der Waals surface area contributed by atoms with Crippen molar-refractivity contribution >= 4 is 12.3 Å². The molecule has 0 saturated heterocycles. The predicted molar refractivity (Wildman–Crippen MR) is 167 cm³/mol. The Kier molecular flexibility index (Phi) is 9.69. The molecule has 5 aliphatic carbocycles. The number of carbonyl (C=O) groups is 2. The summed E-state index contributed by atoms with van der Waals surface area (Å²) in [7, 11) is 0. The van der Waals surface area contributed by atoms with Crippen LogP contribution in [0.15, 0.2) is 0 Å². The number of ether oxygens (including phenoxy) is 4. The molecule has 258 valence electrons. The molecule has 45 heavy (non-hydrogen) atoms. The van der Waals surface area contributed by atoms with E-state index in [-0.39, 0.29) is 53.5 Å². The van der Waals surface area contributed by atoms with Gasteiger partial charge in [0.2, 0.25) is 6.29 Å². The van der Waals surface area contributed by atoms with Crippen LogP contribution in [0.4, 0.5) is 4.39 Å². The van der Waals surface area contributed by atoms with Crippen LogP contribution in [0, 0.1) is 45.3 Å². The highest BCUT2D eigenvalue weighted by Crippen LogP contribution is 2.89. The summed E-state index contributed by atoms with van der Waals surface area (Å²) in [4.78, 5) is 23.7. The summed E-state index contributed by atoms with van der Waals surface area (Å²) < 4.78 is 38.5. The number of halogens is 1. The molecule has 13 atom stereocenters. The van der Waals surface area contributed by atoms with Crippen molar-refractivity contribution in [2.75, 3.05) is 13.2 Å². The normalized spacial score (nSPS) is 42.6. The van der Waals surface area contributed by atoms with E-state index in [0.717, 1.165) is 44.9 Å². The van der Waals surface area contributed by atoms with Gasteiger partial charge >= 0.3 is 5.97 Å². The fourth-order valence-electron chi connectivity index (χ4n) is 12.1. The molecule has 9 heteroatoms. The van der Waals surface area contributed by atoms with E-state index < -0.39 is 36.2 Å². The van der Waals surface area contributed by atoms with Crippen molar-refractivity contribution in [1.82, 2.24) is 0 Å². The Balaban J connectivity index is 1.35. The first-order valence-corrected chi connectivity index (χ1v) is 17.5. The molecule has 0 bridgehead atoms. The average Bonchev–Trinajstić information content (AvgIpc) is 3.27. The minimum Gasteiger partial charge on any atom is -0.457 e. The summed E-state index contributed by atoms with van der Waals surface area (Å²) in [5.41, 5.74) is -0.813. The second-order valence-corrected chi connectivity index (χ2v) is 16.8. The molecule has 0 aromatic carbocycles. The van der Waals surface area contributed by atoms with Crippen LogP contribution in [0.3, 0.4) is 0 Å². The highest BCUT2D eigenvalue weighted by atomic mass is 19.1. The number of esters is 1. The maximum atomic E-state index is 14.4. The monoisotopic (exact) mass is 638 g/mol. The van der Waals surface area contributed by atoms with Crippen LogP contribution in [0.2, 0.25) is 0 Å². The van der Waals surface area contributed by atoms with E-state index in [9.17, 15) is 19.1 Å².